The molecule has 0 saturated heterocycles. The smallest absolute Gasteiger partial charge is 0.418 e. The number of carbonyl (C=O) groups is 1. The number of rotatable bonds is 5. The molecule has 0 saturated carbocycles. The van der Waals surface area contributed by atoms with Crippen molar-refractivity contribution in [3.05, 3.63) is 64.9 Å². The number of alkyl halides is 3. The average molecular weight is 451 g/mol. The van der Waals surface area contributed by atoms with Crippen molar-refractivity contribution in [2.75, 3.05) is 19.5 Å². The summed E-state index contributed by atoms with van der Waals surface area (Å²) in [4.78, 5) is 13.1. The van der Waals surface area contributed by atoms with E-state index in [1.54, 1.807) is 25.1 Å². The van der Waals surface area contributed by atoms with Gasteiger partial charge < -0.3 is 25.4 Å². The summed E-state index contributed by atoms with van der Waals surface area (Å²) in [7, 11) is 2.97. The van der Waals surface area contributed by atoms with E-state index < -0.39 is 23.7 Å². The molecule has 2 aromatic rings. The zero-order valence-corrected chi connectivity index (χ0v) is 17.7. The van der Waals surface area contributed by atoms with Gasteiger partial charge in [0.15, 0.2) is 5.11 Å². The van der Waals surface area contributed by atoms with Crippen molar-refractivity contribution in [3.8, 4) is 11.5 Å². The highest BCUT2D eigenvalue weighted by Crippen LogP contribution is 2.38. The largest absolute Gasteiger partial charge is 0.497 e. The molecule has 0 spiro atoms. The van der Waals surface area contributed by atoms with Crippen LogP contribution in [0.3, 0.4) is 0 Å². The SMILES string of the molecule is COc1ccc([C@H]2NC(=S)NC(C)=C2C(=O)Nc2ccccc2C(F)(F)F)c(OC)c1. The van der Waals surface area contributed by atoms with Crippen LogP contribution in [0.25, 0.3) is 0 Å². The standard InChI is InChI=1S/C21H20F3N3O3S/c1-11-17(19(28)26-15-7-5-4-6-14(15)21(22,23)24)18(27-20(31)25-11)13-9-8-12(29-2)10-16(13)30-3/h4-10,18H,1-3H3,(H,26,28)(H2,25,27,31)/t18-/m1/s1. The van der Waals surface area contributed by atoms with Crippen LogP contribution in [0.1, 0.15) is 24.1 Å². The number of hydrogen-bond acceptors (Lipinski definition) is 4. The molecule has 6 nitrogen and oxygen atoms in total. The number of ether oxygens (including phenoxy) is 2. The average Bonchev–Trinajstić information content (AvgIpc) is 2.72. The quantitative estimate of drug-likeness (QED) is 0.594. The molecule has 0 bridgehead atoms. The topological polar surface area (TPSA) is 71.6 Å². The van der Waals surface area contributed by atoms with Crippen LogP contribution < -0.4 is 25.4 Å². The Morgan fingerprint density at radius 3 is 2.48 bits per heavy atom. The van der Waals surface area contributed by atoms with Crippen LogP contribution in [-0.2, 0) is 11.0 Å². The molecule has 1 aliphatic rings. The summed E-state index contributed by atoms with van der Waals surface area (Å²) in [6.07, 6.45) is -4.61. The fourth-order valence-electron chi connectivity index (χ4n) is 3.31. The van der Waals surface area contributed by atoms with Crippen molar-refractivity contribution in [3.63, 3.8) is 0 Å². The number of anilines is 1. The van der Waals surface area contributed by atoms with E-state index in [4.69, 9.17) is 21.7 Å². The van der Waals surface area contributed by atoms with Crippen molar-refractivity contribution in [2.45, 2.75) is 19.1 Å². The second-order valence-corrected chi connectivity index (χ2v) is 7.08. The van der Waals surface area contributed by atoms with E-state index in [0.29, 0.717) is 22.8 Å². The van der Waals surface area contributed by atoms with Gasteiger partial charge in [0.2, 0.25) is 0 Å². The lowest BCUT2D eigenvalue weighted by atomic mass is 9.94. The van der Waals surface area contributed by atoms with Crippen molar-refractivity contribution >= 4 is 28.9 Å². The van der Waals surface area contributed by atoms with Gasteiger partial charge in [-0.25, -0.2) is 0 Å². The first-order valence-electron chi connectivity index (χ1n) is 9.13. The number of allylic oxidation sites excluding steroid dienone is 1. The molecule has 164 valence electrons. The number of carbonyl (C=O) groups excluding carboxylic acids is 1. The Kier molecular flexibility index (Phi) is 6.40. The number of thiocarbonyl (C=S) groups is 1. The third-order valence-electron chi connectivity index (χ3n) is 4.75. The minimum Gasteiger partial charge on any atom is -0.497 e. The van der Waals surface area contributed by atoms with Crippen LogP contribution in [0.2, 0.25) is 0 Å². The number of para-hydroxylation sites is 1. The van der Waals surface area contributed by atoms with Gasteiger partial charge in [0, 0.05) is 17.3 Å². The molecule has 1 amide bonds. The number of benzene rings is 2. The van der Waals surface area contributed by atoms with Crippen molar-refractivity contribution < 1.29 is 27.4 Å². The summed E-state index contributed by atoms with van der Waals surface area (Å²) in [6, 6.07) is 9.07. The fraction of sp³-hybridized carbons (Fsp3) is 0.238. The molecular formula is C21H20F3N3O3S. The van der Waals surface area contributed by atoms with Crippen molar-refractivity contribution in [2.24, 2.45) is 0 Å². The van der Waals surface area contributed by atoms with Gasteiger partial charge in [-0.3, -0.25) is 4.79 Å². The minimum atomic E-state index is -4.61. The molecule has 3 N–H and O–H groups in total. The second kappa shape index (κ2) is 8.84. The highest BCUT2D eigenvalue weighted by Gasteiger charge is 2.36. The van der Waals surface area contributed by atoms with Gasteiger partial charge in [0.05, 0.1) is 37.1 Å². The van der Waals surface area contributed by atoms with E-state index >= 15 is 0 Å². The van der Waals surface area contributed by atoms with Crippen LogP contribution >= 0.6 is 12.2 Å². The first-order chi connectivity index (χ1) is 14.7. The Morgan fingerprint density at radius 2 is 1.84 bits per heavy atom. The summed E-state index contributed by atoms with van der Waals surface area (Å²) in [5.74, 6) is 0.262. The predicted molar refractivity (Wildman–Crippen MR) is 114 cm³/mol. The molecule has 1 aliphatic heterocycles. The van der Waals surface area contributed by atoms with E-state index in [0.717, 1.165) is 6.07 Å². The Bertz CT molecular complexity index is 1050. The first kappa shape index (κ1) is 22.4. The zero-order valence-electron chi connectivity index (χ0n) is 16.9. The normalized spacial score (nSPS) is 16.3. The van der Waals surface area contributed by atoms with Crippen LogP contribution in [0.15, 0.2) is 53.7 Å². The van der Waals surface area contributed by atoms with Gasteiger partial charge in [-0.1, -0.05) is 12.1 Å². The van der Waals surface area contributed by atoms with Crippen LogP contribution in [0.4, 0.5) is 18.9 Å². The Labute approximate surface area is 182 Å². The molecule has 10 heteroatoms. The molecule has 31 heavy (non-hydrogen) atoms. The first-order valence-corrected chi connectivity index (χ1v) is 9.54. The lowest BCUT2D eigenvalue weighted by Crippen LogP contribution is -2.46. The van der Waals surface area contributed by atoms with Crippen LogP contribution in [0.5, 0.6) is 11.5 Å². The Balaban J connectivity index is 2.03. The van der Waals surface area contributed by atoms with Gasteiger partial charge >= 0.3 is 6.18 Å². The molecule has 0 aromatic heterocycles. The van der Waals surface area contributed by atoms with Gasteiger partial charge in [-0.15, -0.1) is 0 Å². The number of hydrogen-bond donors (Lipinski definition) is 3. The van der Waals surface area contributed by atoms with Gasteiger partial charge in [0.25, 0.3) is 5.91 Å². The maximum Gasteiger partial charge on any atom is 0.418 e. The van der Waals surface area contributed by atoms with E-state index in [2.05, 4.69) is 16.0 Å². The Hall–Kier alpha value is -3.27. The molecule has 1 atom stereocenters. The third kappa shape index (κ3) is 4.74. The summed E-state index contributed by atoms with van der Waals surface area (Å²) in [5, 5.41) is 8.50. The molecule has 3 rings (SSSR count). The Morgan fingerprint density at radius 1 is 1.13 bits per heavy atom. The fourth-order valence-corrected chi connectivity index (χ4v) is 3.58. The van der Waals surface area contributed by atoms with Gasteiger partial charge in [0.1, 0.15) is 11.5 Å². The number of halogens is 3. The number of nitrogens with one attached hydrogen (secondary N) is 3. The number of methoxy groups -OCH3 is 2. The van der Waals surface area contributed by atoms with Gasteiger partial charge in [-0.05, 0) is 43.4 Å². The maximum atomic E-state index is 13.3. The van der Waals surface area contributed by atoms with E-state index in [1.807, 2.05) is 0 Å². The van der Waals surface area contributed by atoms with E-state index in [1.165, 1.54) is 32.4 Å². The molecular weight excluding hydrogens is 431 g/mol. The predicted octanol–water partition coefficient (Wildman–Crippen LogP) is 4.15. The van der Waals surface area contributed by atoms with Crippen LogP contribution in [0, 0.1) is 0 Å². The molecule has 0 aliphatic carbocycles. The highest BCUT2D eigenvalue weighted by molar-refractivity contribution is 7.80. The summed E-state index contributed by atoms with van der Waals surface area (Å²) < 4.78 is 50.7. The van der Waals surface area contributed by atoms with E-state index in [-0.39, 0.29) is 16.4 Å². The summed E-state index contributed by atoms with van der Waals surface area (Å²) >= 11 is 5.22. The van der Waals surface area contributed by atoms with Gasteiger partial charge in [-0.2, -0.15) is 13.2 Å². The molecule has 0 radical (unpaired) electrons. The molecule has 0 unspecified atom stereocenters. The maximum absolute atomic E-state index is 13.3. The van der Waals surface area contributed by atoms with Crippen LogP contribution in [-0.4, -0.2) is 25.2 Å². The van der Waals surface area contributed by atoms with Crippen molar-refractivity contribution in [1.82, 2.24) is 10.6 Å². The minimum absolute atomic E-state index is 0.175. The number of amides is 1. The van der Waals surface area contributed by atoms with E-state index in [9.17, 15) is 18.0 Å². The summed E-state index contributed by atoms with van der Waals surface area (Å²) in [5.41, 5.74) is -0.121. The van der Waals surface area contributed by atoms with Crippen molar-refractivity contribution in [1.29, 1.82) is 0 Å². The molecule has 0 fully saturated rings. The lowest BCUT2D eigenvalue weighted by Gasteiger charge is -2.31. The third-order valence-corrected chi connectivity index (χ3v) is 4.97. The molecule has 2 aromatic carbocycles. The second-order valence-electron chi connectivity index (χ2n) is 6.68. The molecule has 1 heterocycles. The zero-order chi connectivity index (χ0) is 22.8. The highest BCUT2D eigenvalue weighted by atomic mass is 32.1. The lowest BCUT2D eigenvalue weighted by molar-refractivity contribution is -0.137. The summed E-state index contributed by atoms with van der Waals surface area (Å²) in [6.45, 7) is 1.63. The monoisotopic (exact) mass is 451 g/mol.